The van der Waals surface area contributed by atoms with E-state index in [1.54, 1.807) is 0 Å². The molecule has 13 heavy (non-hydrogen) atoms. The van der Waals surface area contributed by atoms with Gasteiger partial charge in [-0.3, -0.25) is 0 Å². The third kappa shape index (κ3) is 2.73. The van der Waals surface area contributed by atoms with E-state index >= 15 is 0 Å². The van der Waals surface area contributed by atoms with E-state index in [1.165, 1.54) is 37.7 Å². The van der Waals surface area contributed by atoms with Crippen LogP contribution < -0.4 is 0 Å². The van der Waals surface area contributed by atoms with Crippen LogP contribution in [0.1, 0.15) is 32.1 Å². The van der Waals surface area contributed by atoms with Gasteiger partial charge in [-0.15, -0.1) is 0 Å². The van der Waals surface area contributed by atoms with Crippen molar-refractivity contribution in [2.75, 3.05) is 19.8 Å². The summed E-state index contributed by atoms with van der Waals surface area (Å²) in [4.78, 5) is 0. The van der Waals surface area contributed by atoms with Crippen molar-refractivity contribution < 1.29 is 9.47 Å². The van der Waals surface area contributed by atoms with E-state index in [2.05, 4.69) is 0 Å². The molecular formula is C11H18O2. The summed E-state index contributed by atoms with van der Waals surface area (Å²) in [6, 6.07) is 0. The van der Waals surface area contributed by atoms with Gasteiger partial charge in [0.1, 0.15) is 0 Å². The van der Waals surface area contributed by atoms with Crippen molar-refractivity contribution in [2.45, 2.75) is 32.1 Å². The minimum absolute atomic E-state index is 0.653. The van der Waals surface area contributed by atoms with Gasteiger partial charge in [0.05, 0.1) is 26.1 Å². The smallest absolute Gasteiger partial charge is 0.0945 e. The normalized spacial score (nSPS) is 23.8. The largest absolute Gasteiger partial charge is 0.501 e. The summed E-state index contributed by atoms with van der Waals surface area (Å²) in [5.41, 5.74) is 1.51. The number of allylic oxidation sites excluding steroid dienone is 1. The highest BCUT2D eigenvalue weighted by atomic mass is 16.5. The Morgan fingerprint density at radius 2 is 2.00 bits per heavy atom. The van der Waals surface area contributed by atoms with E-state index in [0.29, 0.717) is 5.92 Å². The predicted octanol–water partition coefficient (Wildman–Crippen LogP) is 2.50. The first kappa shape index (κ1) is 9.07. The van der Waals surface area contributed by atoms with Gasteiger partial charge in [-0.2, -0.15) is 0 Å². The predicted molar refractivity (Wildman–Crippen MR) is 51.4 cm³/mol. The fourth-order valence-electron chi connectivity index (χ4n) is 1.81. The Kier molecular flexibility index (Phi) is 3.25. The van der Waals surface area contributed by atoms with Crippen molar-refractivity contribution in [3.63, 3.8) is 0 Å². The fourth-order valence-corrected chi connectivity index (χ4v) is 1.81. The third-order valence-corrected chi connectivity index (χ3v) is 2.78. The van der Waals surface area contributed by atoms with Crippen LogP contribution in [-0.2, 0) is 9.47 Å². The van der Waals surface area contributed by atoms with Gasteiger partial charge < -0.3 is 9.47 Å². The molecule has 0 aromatic heterocycles. The average molecular weight is 182 g/mol. The first-order chi connectivity index (χ1) is 6.45. The molecule has 0 bridgehead atoms. The van der Waals surface area contributed by atoms with E-state index in [-0.39, 0.29) is 0 Å². The lowest BCUT2D eigenvalue weighted by atomic mass is 9.96. The van der Waals surface area contributed by atoms with Crippen LogP contribution in [0.2, 0.25) is 0 Å². The van der Waals surface area contributed by atoms with E-state index in [1.807, 2.05) is 6.26 Å². The quantitative estimate of drug-likeness (QED) is 0.624. The summed E-state index contributed by atoms with van der Waals surface area (Å²) in [5, 5.41) is 0. The monoisotopic (exact) mass is 182 g/mol. The number of ether oxygens (including phenoxy) is 2. The lowest BCUT2D eigenvalue weighted by Crippen LogP contribution is -2.30. The summed E-state index contributed by atoms with van der Waals surface area (Å²) < 4.78 is 10.6. The number of rotatable bonds is 3. The molecule has 2 heteroatoms. The van der Waals surface area contributed by atoms with Gasteiger partial charge in [0.15, 0.2) is 0 Å². The van der Waals surface area contributed by atoms with Crippen LogP contribution >= 0.6 is 0 Å². The van der Waals surface area contributed by atoms with Crippen LogP contribution in [0.3, 0.4) is 0 Å². The SMILES string of the molecule is C(OCC1COC1)=C1CCCCC1. The van der Waals surface area contributed by atoms with E-state index in [9.17, 15) is 0 Å². The van der Waals surface area contributed by atoms with E-state index in [0.717, 1.165) is 19.8 Å². The summed E-state index contributed by atoms with van der Waals surface area (Å²) in [7, 11) is 0. The highest BCUT2D eigenvalue weighted by Crippen LogP contribution is 2.22. The molecule has 1 heterocycles. The maximum absolute atomic E-state index is 5.54. The van der Waals surface area contributed by atoms with Crippen molar-refractivity contribution in [2.24, 2.45) is 5.92 Å². The molecule has 1 saturated heterocycles. The Labute approximate surface area is 79.9 Å². The summed E-state index contributed by atoms with van der Waals surface area (Å²) in [6.07, 6.45) is 8.59. The molecule has 0 unspecified atom stereocenters. The molecule has 1 saturated carbocycles. The van der Waals surface area contributed by atoms with Gasteiger partial charge in [0.25, 0.3) is 0 Å². The van der Waals surface area contributed by atoms with Gasteiger partial charge in [-0.1, -0.05) is 6.42 Å². The van der Waals surface area contributed by atoms with Crippen LogP contribution in [0, 0.1) is 5.92 Å². The standard InChI is InChI=1S/C11H18O2/c1-2-4-10(5-3-1)6-12-7-11-8-13-9-11/h6,11H,1-5,7-9H2. The maximum Gasteiger partial charge on any atom is 0.0945 e. The molecule has 2 fully saturated rings. The Morgan fingerprint density at radius 3 is 2.62 bits per heavy atom. The molecule has 74 valence electrons. The fraction of sp³-hybridized carbons (Fsp3) is 0.818. The zero-order valence-electron chi connectivity index (χ0n) is 8.13. The average Bonchev–Trinajstić information content (AvgIpc) is 2.11. The second-order valence-corrected chi connectivity index (χ2v) is 4.07. The Hall–Kier alpha value is -0.500. The van der Waals surface area contributed by atoms with Gasteiger partial charge in [0, 0.05) is 5.92 Å². The van der Waals surface area contributed by atoms with Crippen LogP contribution in [0.15, 0.2) is 11.8 Å². The van der Waals surface area contributed by atoms with Crippen LogP contribution in [0.4, 0.5) is 0 Å². The van der Waals surface area contributed by atoms with Gasteiger partial charge in [-0.05, 0) is 31.3 Å². The minimum atomic E-state index is 0.653. The molecule has 1 aliphatic heterocycles. The topological polar surface area (TPSA) is 18.5 Å². The molecule has 1 aliphatic carbocycles. The van der Waals surface area contributed by atoms with Crippen molar-refractivity contribution in [1.29, 1.82) is 0 Å². The Morgan fingerprint density at radius 1 is 1.23 bits per heavy atom. The number of hydrogen-bond acceptors (Lipinski definition) is 2. The first-order valence-electron chi connectivity index (χ1n) is 5.32. The molecule has 0 aromatic carbocycles. The van der Waals surface area contributed by atoms with Gasteiger partial charge in [-0.25, -0.2) is 0 Å². The summed E-state index contributed by atoms with van der Waals surface area (Å²) in [6.45, 7) is 2.63. The van der Waals surface area contributed by atoms with Gasteiger partial charge >= 0.3 is 0 Å². The van der Waals surface area contributed by atoms with Crippen molar-refractivity contribution in [1.82, 2.24) is 0 Å². The molecule has 0 radical (unpaired) electrons. The zero-order valence-corrected chi connectivity index (χ0v) is 8.13. The first-order valence-corrected chi connectivity index (χ1v) is 5.32. The summed E-state index contributed by atoms with van der Waals surface area (Å²) in [5.74, 6) is 0.653. The van der Waals surface area contributed by atoms with E-state index < -0.39 is 0 Å². The molecule has 0 spiro atoms. The van der Waals surface area contributed by atoms with Crippen molar-refractivity contribution in [3.8, 4) is 0 Å². The molecule has 2 aliphatic rings. The molecule has 2 rings (SSSR count). The molecule has 0 amide bonds. The second-order valence-electron chi connectivity index (χ2n) is 4.07. The minimum Gasteiger partial charge on any atom is -0.501 e. The molecule has 0 N–H and O–H groups in total. The summed E-state index contributed by atoms with van der Waals surface area (Å²) >= 11 is 0. The Bertz CT molecular complexity index is 175. The van der Waals surface area contributed by atoms with Crippen molar-refractivity contribution in [3.05, 3.63) is 11.8 Å². The molecule has 0 aromatic rings. The Balaban J connectivity index is 1.63. The zero-order chi connectivity index (χ0) is 8.93. The van der Waals surface area contributed by atoms with E-state index in [4.69, 9.17) is 9.47 Å². The lowest BCUT2D eigenvalue weighted by molar-refractivity contribution is -0.0581. The van der Waals surface area contributed by atoms with Crippen LogP contribution in [-0.4, -0.2) is 19.8 Å². The van der Waals surface area contributed by atoms with Gasteiger partial charge in [0.2, 0.25) is 0 Å². The maximum atomic E-state index is 5.54. The molecular weight excluding hydrogens is 164 g/mol. The van der Waals surface area contributed by atoms with Crippen LogP contribution in [0.5, 0.6) is 0 Å². The number of hydrogen-bond donors (Lipinski definition) is 0. The molecule has 0 atom stereocenters. The lowest BCUT2D eigenvalue weighted by Gasteiger charge is -2.25. The van der Waals surface area contributed by atoms with Crippen molar-refractivity contribution >= 4 is 0 Å². The highest BCUT2D eigenvalue weighted by molar-refractivity contribution is 5.00. The third-order valence-electron chi connectivity index (χ3n) is 2.78. The molecule has 2 nitrogen and oxygen atoms in total. The van der Waals surface area contributed by atoms with Crippen LogP contribution in [0.25, 0.3) is 0 Å². The second kappa shape index (κ2) is 4.66. The highest BCUT2D eigenvalue weighted by Gasteiger charge is 2.18.